The maximum atomic E-state index is 6.01. The maximum absolute atomic E-state index is 6.01. The highest BCUT2D eigenvalue weighted by Crippen LogP contribution is 2.14. The van der Waals surface area contributed by atoms with Crippen molar-refractivity contribution in [1.82, 2.24) is 29.5 Å². The number of hydrogen-bond acceptors (Lipinski definition) is 3. The Balaban J connectivity index is 1.97. The second-order valence-corrected chi connectivity index (χ2v) is 5.31. The highest BCUT2D eigenvalue weighted by molar-refractivity contribution is 6.30. The standard InChI is InChI=1S/C13H20ClN7/c1-15-13(16-6-12-18-17-9-21(12)4)20(3)8-11-5-10(14)7-19(11)2/h5,7,9H,6,8H2,1-4H3,(H,15,16). The van der Waals surface area contributed by atoms with Crippen molar-refractivity contribution in [3.63, 3.8) is 0 Å². The Bertz CT molecular complexity index is 628. The molecular weight excluding hydrogens is 290 g/mol. The van der Waals surface area contributed by atoms with E-state index in [1.54, 1.807) is 13.4 Å². The summed E-state index contributed by atoms with van der Waals surface area (Å²) < 4.78 is 3.88. The van der Waals surface area contributed by atoms with Crippen molar-refractivity contribution in [2.24, 2.45) is 19.1 Å². The number of hydrogen-bond donors (Lipinski definition) is 1. The molecule has 1 N–H and O–H groups in total. The van der Waals surface area contributed by atoms with E-state index in [-0.39, 0.29) is 0 Å². The van der Waals surface area contributed by atoms with Crippen LogP contribution in [0.1, 0.15) is 11.5 Å². The highest BCUT2D eigenvalue weighted by atomic mass is 35.5. The Morgan fingerprint density at radius 2 is 2.19 bits per heavy atom. The molecule has 0 bridgehead atoms. The lowest BCUT2D eigenvalue weighted by Gasteiger charge is -2.22. The predicted molar refractivity (Wildman–Crippen MR) is 83.1 cm³/mol. The molecule has 0 atom stereocenters. The normalized spacial score (nSPS) is 11.8. The molecule has 2 aromatic rings. The van der Waals surface area contributed by atoms with Crippen LogP contribution in [0.4, 0.5) is 0 Å². The second-order valence-electron chi connectivity index (χ2n) is 4.88. The van der Waals surface area contributed by atoms with Gasteiger partial charge in [0.05, 0.1) is 18.1 Å². The molecule has 0 aliphatic carbocycles. The number of nitrogens with zero attached hydrogens (tertiary/aromatic N) is 6. The van der Waals surface area contributed by atoms with Gasteiger partial charge in [0.25, 0.3) is 0 Å². The Labute approximate surface area is 129 Å². The molecule has 7 nitrogen and oxygen atoms in total. The van der Waals surface area contributed by atoms with Crippen molar-refractivity contribution in [2.75, 3.05) is 14.1 Å². The van der Waals surface area contributed by atoms with E-state index in [1.165, 1.54) is 0 Å². The van der Waals surface area contributed by atoms with Crippen LogP contribution in [0, 0.1) is 0 Å². The molecule has 0 amide bonds. The van der Waals surface area contributed by atoms with Crippen LogP contribution in [-0.4, -0.2) is 44.3 Å². The summed E-state index contributed by atoms with van der Waals surface area (Å²) in [7, 11) is 7.63. The third-order valence-electron chi connectivity index (χ3n) is 3.26. The van der Waals surface area contributed by atoms with Gasteiger partial charge in [0.2, 0.25) is 0 Å². The van der Waals surface area contributed by atoms with E-state index in [9.17, 15) is 0 Å². The van der Waals surface area contributed by atoms with E-state index >= 15 is 0 Å². The molecule has 0 aromatic carbocycles. The lowest BCUT2D eigenvalue weighted by molar-refractivity contribution is 0.460. The van der Waals surface area contributed by atoms with Crippen molar-refractivity contribution in [3.05, 3.63) is 35.1 Å². The molecule has 2 rings (SSSR count). The number of aryl methyl sites for hydroxylation is 2. The summed E-state index contributed by atoms with van der Waals surface area (Å²) in [4.78, 5) is 6.31. The molecule has 8 heteroatoms. The zero-order valence-electron chi connectivity index (χ0n) is 12.7. The quantitative estimate of drug-likeness (QED) is 0.676. The summed E-state index contributed by atoms with van der Waals surface area (Å²) in [6.07, 6.45) is 3.57. The second kappa shape index (κ2) is 6.62. The average Bonchev–Trinajstić information content (AvgIpc) is 2.97. The molecule has 0 unspecified atom stereocenters. The van der Waals surface area contributed by atoms with Crippen molar-refractivity contribution < 1.29 is 0 Å². The van der Waals surface area contributed by atoms with Gasteiger partial charge in [-0.25, -0.2) is 0 Å². The predicted octanol–water partition coefficient (Wildman–Crippen LogP) is 1.01. The largest absolute Gasteiger partial charge is 0.351 e. The number of halogens is 1. The summed E-state index contributed by atoms with van der Waals surface area (Å²) >= 11 is 6.01. The van der Waals surface area contributed by atoms with Gasteiger partial charge in [-0.1, -0.05) is 11.6 Å². The highest BCUT2D eigenvalue weighted by Gasteiger charge is 2.10. The number of aliphatic imine (C=N–C) groups is 1. The Hall–Kier alpha value is -2.02. The molecule has 2 aromatic heterocycles. The van der Waals surface area contributed by atoms with Crippen LogP contribution in [0.5, 0.6) is 0 Å². The number of aromatic nitrogens is 4. The minimum Gasteiger partial charge on any atom is -0.351 e. The molecule has 0 aliphatic heterocycles. The summed E-state index contributed by atoms with van der Waals surface area (Å²) in [5.74, 6) is 1.64. The molecule has 0 spiro atoms. The number of guanidine groups is 1. The summed E-state index contributed by atoms with van der Waals surface area (Å²) in [5, 5.41) is 11.9. The van der Waals surface area contributed by atoms with Gasteiger partial charge in [-0.2, -0.15) is 0 Å². The van der Waals surface area contributed by atoms with Crippen LogP contribution in [0.3, 0.4) is 0 Å². The van der Waals surface area contributed by atoms with Crippen molar-refractivity contribution in [2.45, 2.75) is 13.1 Å². The summed E-state index contributed by atoms with van der Waals surface area (Å²) in [6, 6.07) is 1.95. The van der Waals surface area contributed by atoms with Crippen LogP contribution in [-0.2, 0) is 27.2 Å². The fourth-order valence-corrected chi connectivity index (χ4v) is 2.32. The lowest BCUT2D eigenvalue weighted by atomic mass is 10.4. The fraction of sp³-hybridized carbons (Fsp3) is 0.462. The minimum atomic E-state index is 0.571. The molecule has 2 heterocycles. The van der Waals surface area contributed by atoms with Crippen molar-refractivity contribution in [3.8, 4) is 0 Å². The smallest absolute Gasteiger partial charge is 0.194 e. The van der Waals surface area contributed by atoms with Crippen LogP contribution in [0.25, 0.3) is 0 Å². The van der Waals surface area contributed by atoms with Crippen molar-refractivity contribution >= 4 is 17.6 Å². The Morgan fingerprint density at radius 1 is 1.43 bits per heavy atom. The first kappa shape index (κ1) is 15.4. The van der Waals surface area contributed by atoms with Gasteiger partial charge in [-0.05, 0) is 6.07 Å². The molecule has 0 fully saturated rings. The van der Waals surface area contributed by atoms with E-state index in [0.717, 1.165) is 22.5 Å². The SMILES string of the molecule is CN=C(NCc1nncn1C)N(C)Cc1cc(Cl)cn1C. The van der Waals surface area contributed by atoms with Gasteiger partial charge < -0.3 is 19.4 Å². The number of nitrogens with one attached hydrogen (secondary N) is 1. The third kappa shape index (κ3) is 3.75. The maximum Gasteiger partial charge on any atom is 0.194 e. The van der Waals surface area contributed by atoms with E-state index in [0.29, 0.717) is 13.1 Å². The lowest BCUT2D eigenvalue weighted by Crippen LogP contribution is -2.38. The van der Waals surface area contributed by atoms with E-state index < -0.39 is 0 Å². The van der Waals surface area contributed by atoms with E-state index in [1.807, 2.05) is 47.4 Å². The van der Waals surface area contributed by atoms with Crippen LogP contribution >= 0.6 is 11.6 Å². The number of rotatable bonds is 4. The van der Waals surface area contributed by atoms with Gasteiger partial charge >= 0.3 is 0 Å². The van der Waals surface area contributed by atoms with Crippen molar-refractivity contribution in [1.29, 1.82) is 0 Å². The van der Waals surface area contributed by atoms with Crippen LogP contribution < -0.4 is 5.32 Å². The van der Waals surface area contributed by atoms with Gasteiger partial charge in [0, 0.05) is 40.1 Å². The molecule has 114 valence electrons. The Morgan fingerprint density at radius 3 is 2.71 bits per heavy atom. The third-order valence-corrected chi connectivity index (χ3v) is 3.46. The molecular formula is C13H20ClN7. The van der Waals surface area contributed by atoms with E-state index in [4.69, 9.17) is 11.6 Å². The van der Waals surface area contributed by atoms with Gasteiger partial charge in [-0.3, -0.25) is 4.99 Å². The molecule has 0 saturated heterocycles. The van der Waals surface area contributed by atoms with Gasteiger partial charge in [0.1, 0.15) is 6.33 Å². The topological polar surface area (TPSA) is 63.3 Å². The summed E-state index contributed by atoms with van der Waals surface area (Å²) in [6.45, 7) is 1.28. The molecule has 0 saturated carbocycles. The zero-order chi connectivity index (χ0) is 15.4. The Kier molecular flexibility index (Phi) is 4.85. The first-order chi connectivity index (χ1) is 10.0. The van der Waals surface area contributed by atoms with Gasteiger partial charge in [0.15, 0.2) is 11.8 Å². The summed E-state index contributed by atoms with van der Waals surface area (Å²) in [5.41, 5.74) is 1.11. The first-order valence-electron chi connectivity index (χ1n) is 6.56. The molecule has 0 aliphatic rings. The first-order valence-corrected chi connectivity index (χ1v) is 6.94. The van der Waals surface area contributed by atoms with E-state index in [2.05, 4.69) is 20.5 Å². The molecule has 21 heavy (non-hydrogen) atoms. The average molecular weight is 310 g/mol. The zero-order valence-corrected chi connectivity index (χ0v) is 13.5. The van der Waals surface area contributed by atoms with Crippen LogP contribution in [0.15, 0.2) is 23.6 Å². The fourth-order valence-electron chi connectivity index (χ4n) is 2.05. The monoisotopic (exact) mass is 309 g/mol. The van der Waals surface area contributed by atoms with Crippen LogP contribution in [0.2, 0.25) is 5.02 Å². The minimum absolute atomic E-state index is 0.571. The molecule has 0 radical (unpaired) electrons. The van der Waals surface area contributed by atoms with Gasteiger partial charge in [-0.15, -0.1) is 10.2 Å².